The molecule has 2 heterocycles. The molecule has 3 aromatic rings. The van der Waals surface area contributed by atoms with Gasteiger partial charge in [0, 0.05) is 49.2 Å². The summed E-state index contributed by atoms with van der Waals surface area (Å²) in [7, 11) is 0. The normalized spacial score (nSPS) is 14.5. The second kappa shape index (κ2) is 11.9. The van der Waals surface area contributed by atoms with Crippen LogP contribution in [0, 0.1) is 12.7 Å². The van der Waals surface area contributed by atoms with Gasteiger partial charge in [0.15, 0.2) is 0 Å². The van der Waals surface area contributed by atoms with Gasteiger partial charge >= 0.3 is 6.09 Å². The summed E-state index contributed by atoms with van der Waals surface area (Å²) in [5.41, 5.74) is 2.93. The van der Waals surface area contributed by atoms with Gasteiger partial charge in [-0.15, -0.1) is 0 Å². The number of nitrogens with zero attached hydrogens (tertiary/aromatic N) is 2. The minimum atomic E-state index is -0.487. The molecule has 1 aliphatic rings. The Morgan fingerprint density at radius 1 is 1.08 bits per heavy atom. The zero-order chi connectivity index (χ0) is 25.5. The van der Waals surface area contributed by atoms with E-state index in [0.717, 1.165) is 43.9 Å². The van der Waals surface area contributed by atoms with Crippen LogP contribution in [0.2, 0.25) is 0 Å². The van der Waals surface area contributed by atoms with Gasteiger partial charge in [-0.05, 0) is 81.6 Å². The van der Waals surface area contributed by atoms with Gasteiger partial charge in [-0.3, -0.25) is 4.90 Å². The molecule has 0 aliphatic carbocycles. The van der Waals surface area contributed by atoms with Crippen molar-refractivity contribution in [3.63, 3.8) is 0 Å². The molecule has 1 aliphatic heterocycles. The summed E-state index contributed by atoms with van der Waals surface area (Å²) >= 11 is 0. The van der Waals surface area contributed by atoms with Crippen LogP contribution in [0.15, 0.2) is 60.7 Å². The van der Waals surface area contributed by atoms with Gasteiger partial charge in [-0.1, -0.05) is 12.1 Å². The van der Waals surface area contributed by atoms with Crippen molar-refractivity contribution in [2.75, 3.05) is 18.4 Å². The Balaban J connectivity index is 1.26. The number of carbonyl (C=O) groups excluding carboxylic acids is 1. The number of carbonyl (C=O) groups is 1. The Morgan fingerprint density at radius 3 is 2.47 bits per heavy atom. The van der Waals surface area contributed by atoms with E-state index in [1.165, 1.54) is 11.6 Å². The number of benzene rings is 2. The first-order chi connectivity index (χ1) is 17.3. The fourth-order valence-corrected chi connectivity index (χ4v) is 4.15. The average molecular weight is 493 g/mol. The maximum atomic E-state index is 13.4. The van der Waals surface area contributed by atoms with Crippen LogP contribution in [0.3, 0.4) is 0 Å². The molecule has 0 atom stereocenters. The van der Waals surface area contributed by atoms with E-state index in [0.29, 0.717) is 23.4 Å². The van der Waals surface area contributed by atoms with Crippen LogP contribution in [0.4, 0.5) is 14.9 Å². The second-order valence-electron chi connectivity index (χ2n) is 9.36. The number of piperidine rings is 1. The first kappa shape index (κ1) is 25.4. The summed E-state index contributed by atoms with van der Waals surface area (Å²) in [6.07, 6.45) is 1.52. The van der Waals surface area contributed by atoms with E-state index >= 15 is 0 Å². The summed E-state index contributed by atoms with van der Waals surface area (Å²) in [6, 6.07) is 17.8. The maximum Gasteiger partial charge on any atom is 0.412 e. The number of aromatic nitrogens is 1. The van der Waals surface area contributed by atoms with E-state index in [-0.39, 0.29) is 11.9 Å². The highest BCUT2D eigenvalue weighted by atomic mass is 19.1. The van der Waals surface area contributed by atoms with E-state index in [1.54, 1.807) is 36.4 Å². The van der Waals surface area contributed by atoms with Crippen LogP contribution >= 0.6 is 0 Å². The number of aryl methyl sites for hydroxylation is 1. The topological polar surface area (TPSA) is 75.7 Å². The van der Waals surface area contributed by atoms with Crippen molar-refractivity contribution >= 4 is 11.8 Å². The smallest absolute Gasteiger partial charge is 0.412 e. The molecule has 7 nitrogen and oxygen atoms in total. The highest BCUT2D eigenvalue weighted by molar-refractivity contribution is 5.70. The van der Waals surface area contributed by atoms with Crippen molar-refractivity contribution in [1.82, 2.24) is 15.2 Å². The van der Waals surface area contributed by atoms with Gasteiger partial charge in [0.2, 0.25) is 5.88 Å². The Morgan fingerprint density at radius 2 is 1.81 bits per heavy atom. The molecule has 1 aromatic heterocycles. The highest BCUT2D eigenvalue weighted by Gasteiger charge is 2.20. The third-order valence-corrected chi connectivity index (χ3v) is 6.01. The van der Waals surface area contributed by atoms with Crippen molar-refractivity contribution in [3.05, 3.63) is 77.7 Å². The molecule has 190 valence electrons. The van der Waals surface area contributed by atoms with Gasteiger partial charge in [-0.2, -0.15) is 0 Å². The molecule has 0 saturated carbocycles. The molecule has 2 N–H and O–H groups in total. The Hall–Kier alpha value is -3.65. The highest BCUT2D eigenvalue weighted by Crippen LogP contribution is 2.25. The molecule has 2 aromatic carbocycles. The Labute approximate surface area is 211 Å². The summed E-state index contributed by atoms with van der Waals surface area (Å²) in [5.74, 6) is 1.35. The summed E-state index contributed by atoms with van der Waals surface area (Å²) in [5, 5.41) is 6.12. The van der Waals surface area contributed by atoms with Gasteiger partial charge in [0.1, 0.15) is 17.3 Å². The van der Waals surface area contributed by atoms with Crippen LogP contribution < -0.4 is 20.1 Å². The van der Waals surface area contributed by atoms with Crippen LogP contribution in [-0.4, -0.2) is 41.2 Å². The van der Waals surface area contributed by atoms with E-state index in [4.69, 9.17) is 9.47 Å². The van der Waals surface area contributed by atoms with E-state index < -0.39 is 6.09 Å². The molecule has 0 radical (unpaired) electrons. The number of nitrogens with one attached hydrogen (secondary N) is 2. The zero-order valence-corrected chi connectivity index (χ0v) is 21.0. The number of amides is 1. The lowest BCUT2D eigenvalue weighted by molar-refractivity contribution is 0.197. The third kappa shape index (κ3) is 7.42. The maximum absolute atomic E-state index is 13.4. The minimum absolute atomic E-state index is 0.00741. The number of rotatable bonds is 8. The van der Waals surface area contributed by atoms with Crippen molar-refractivity contribution in [3.8, 4) is 17.4 Å². The SMILES string of the molecule is Cc1nc(Oc2ccc(OC(=O)NC(C)C)cc2)ccc1CN1CCC(Nc2cccc(F)c2)CC1. The predicted molar refractivity (Wildman–Crippen MR) is 138 cm³/mol. The van der Waals surface area contributed by atoms with Crippen molar-refractivity contribution < 1.29 is 18.7 Å². The van der Waals surface area contributed by atoms with Crippen LogP contribution in [-0.2, 0) is 6.54 Å². The van der Waals surface area contributed by atoms with Crippen molar-refractivity contribution in [2.45, 2.75) is 52.2 Å². The molecular formula is C28H33FN4O3. The van der Waals surface area contributed by atoms with Gasteiger partial charge in [0.05, 0.1) is 0 Å². The molecule has 4 rings (SSSR count). The van der Waals surface area contributed by atoms with Gasteiger partial charge in [-0.25, -0.2) is 14.2 Å². The standard InChI is InChI=1S/C28H33FN4O3/c1-19(2)30-28(34)36-26-10-8-25(9-11-26)35-27-12-7-21(20(3)31-27)18-33-15-13-23(14-16-33)32-24-6-4-5-22(29)17-24/h4-12,17,19,23,32H,13-16,18H2,1-3H3,(H,30,34). The van der Waals surface area contributed by atoms with Crippen molar-refractivity contribution in [1.29, 1.82) is 0 Å². The fourth-order valence-electron chi connectivity index (χ4n) is 4.15. The van der Waals surface area contributed by atoms with Crippen LogP contribution in [0.5, 0.6) is 17.4 Å². The average Bonchev–Trinajstić information content (AvgIpc) is 2.83. The summed E-state index contributed by atoms with van der Waals surface area (Å²) in [6.45, 7) is 8.49. The molecule has 0 spiro atoms. The molecule has 1 saturated heterocycles. The number of pyridine rings is 1. The van der Waals surface area contributed by atoms with E-state index in [1.807, 2.05) is 32.9 Å². The van der Waals surface area contributed by atoms with Gasteiger partial charge < -0.3 is 20.1 Å². The molecular weight excluding hydrogens is 459 g/mol. The number of likely N-dealkylation sites (tertiary alicyclic amines) is 1. The zero-order valence-electron chi connectivity index (χ0n) is 21.0. The minimum Gasteiger partial charge on any atom is -0.439 e. The number of hydrogen-bond donors (Lipinski definition) is 2. The number of hydrogen-bond acceptors (Lipinski definition) is 6. The largest absolute Gasteiger partial charge is 0.439 e. The third-order valence-electron chi connectivity index (χ3n) is 6.01. The number of anilines is 1. The van der Waals surface area contributed by atoms with E-state index in [2.05, 4.69) is 26.6 Å². The summed E-state index contributed by atoms with van der Waals surface area (Å²) < 4.78 is 24.5. The van der Waals surface area contributed by atoms with Crippen LogP contribution in [0.1, 0.15) is 37.9 Å². The lowest BCUT2D eigenvalue weighted by Crippen LogP contribution is -2.38. The number of ether oxygens (including phenoxy) is 2. The first-order valence-electron chi connectivity index (χ1n) is 12.3. The molecule has 1 fully saturated rings. The monoisotopic (exact) mass is 492 g/mol. The lowest BCUT2D eigenvalue weighted by Gasteiger charge is -2.33. The Bertz CT molecular complexity index is 1160. The number of halogens is 1. The van der Waals surface area contributed by atoms with Crippen LogP contribution in [0.25, 0.3) is 0 Å². The van der Waals surface area contributed by atoms with Gasteiger partial charge in [0.25, 0.3) is 0 Å². The second-order valence-corrected chi connectivity index (χ2v) is 9.36. The lowest BCUT2D eigenvalue weighted by atomic mass is 10.0. The quantitative estimate of drug-likeness (QED) is 0.408. The molecule has 36 heavy (non-hydrogen) atoms. The summed E-state index contributed by atoms with van der Waals surface area (Å²) in [4.78, 5) is 18.8. The first-order valence-corrected chi connectivity index (χ1v) is 12.3. The molecule has 0 bridgehead atoms. The fraction of sp³-hybridized carbons (Fsp3) is 0.357. The van der Waals surface area contributed by atoms with E-state index in [9.17, 15) is 9.18 Å². The van der Waals surface area contributed by atoms with Crippen molar-refractivity contribution in [2.24, 2.45) is 0 Å². The predicted octanol–water partition coefficient (Wildman–Crippen LogP) is 5.89. The Kier molecular flexibility index (Phi) is 8.38. The molecule has 1 amide bonds. The molecule has 0 unspecified atom stereocenters. The molecule has 8 heteroatoms.